The van der Waals surface area contributed by atoms with Crippen molar-refractivity contribution in [1.29, 1.82) is 0 Å². The van der Waals surface area contributed by atoms with Crippen LogP contribution in [0.2, 0.25) is 0 Å². The van der Waals surface area contributed by atoms with E-state index >= 15 is 0 Å². The predicted molar refractivity (Wildman–Crippen MR) is 88.4 cm³/mol. The van der Waals surface area contributed by atoms with Crippen molar-refractivity contribution >= 4 is 21.9 Å². The van der Waals surface area contributed by atoms with E-state index in [0.29, 0.717) is 22.4 Å². The van der Waals surface area contributed by atoms with Crippen LogP contribution in [-0.2, 0) is 0 Å². The number of aromatic nitrogens is 2. The number of aryl methyl sites for hydroxylation is 1. The molecule has 5 nitrogen and oxygen atoms in total. The van der Waals surface area contributed by atoms with E-state index < -0.39 is 0 Å². The number of rotatable bonds is 2. The van der Waals surface area contributed by atoms with Crippen LogP contribution in [0.5, 0.6) is 5.75 Å². The number of methoxy groups -OCH3 is 1. The van der Waals surface area contributed by atoms with Gasteiger partial charge in [-0.1, -0.05) is 18.2 Å². The first-order valence-corrected chi connectivity index (χ1v) is 7.24. The topological polar surface area (TPSA) is 57.3 Å². The van der Waals surface area contributed by atoms with E-state index in [9.17, 15) is 4.79 Å². The Morgan fingerprint density at radius 3 is 2.65 bits per heavy atom. The molecular formula is C18H14N2O3. The van der Waals surface area contributed by atoms with E-state index in [1.807, 2.05) is 43.3 Å². The Bertz CT molecular complexity index is 1080. The van der Waals surface area contributed by atoms with Crippen LogP contribution >= 0.6 is 0 Å². The van der Waals surface area contributed by atoms with E-state index in [2.05, 4.69) is 5.10 Å². The number of hydrogen-bond donors (Lipinski definition) is 0. The zero-order valence-corrected chi connectivity index (χ0v) is 12.7. The lowest BCUT2D eigenvalue weighted by Crippen LogP contribution is -2.02. The Morgan fingerprint density at radius 2 is 1.91 bits per heavy atom. The highest BCUT2D eigenvalue weighted by molar-refractivity contribution is 6.04. The number of hydrogen-bond acceptors (Lipinski definition) is 4. The number of para-hydroxylation sites is 1. The minimum Gasteiger partial charge on any atom is -0.497 e. The van der Waals surface area contributed by atoms with Crippen molar-refractivity contribution in [3.05, 3.63) is 64.6 Å². The third kappa shape index (κ3) is 2.01. The largest absolute Gasteiger partial charge is 0.497 e. The van der Waals surface area contributed by atoms with Crippen LogP contribution in [0.1, 0.15) is 5.69 Å². The third-order valence-electron chi connectivity index (χ3n) is 3.91. The second kappa shape index (κ2) is 4.98. The standard InChI is InChI=1S/C18H14N2O3/c1-11-16-17(20(19-11)12-6-4-3-5-7-12)14-10-13(22-2)8-9-15(14)23-18(16)21/h3-10H,1-2H3. The van der Waals surface area contributed by atoms with Gasteiger partial charge in [-0.3, -0.25) is 0 Å². The monoisotopic (exact) mass is 306 g/mol. The van der Waals surface area contributed by atoms with Crippen molar-refractivity contribution < 1.29 is 9.15 Å². The lowest BCUT2D eigenvalue weighted by molar-refractivity contribution is 0.415. The molecule has 0 aliphatic carbocycles. The smallest absolute Gasteiger partial charge is 0.347 e. The summed E-state index contributed by atoms with van der Waals surface area (Å²) in [6, 6.07) is 15.1. The SMILES string of the molecule is COc1ccc2oc(=O)c3c(C)nn(-c4ccccc4)c3c2c1. The normalized spacial score (nSPS) is 11.2. The highest BCUT2D eigenvalue weighted by Gasteiger charge is 2.18. The predicted octanol–water partition coefficient (Wildman–Crippen LogP) is 3.45. The van der Waals surface area contributed by atoms with Gasteiger partial charge < -0.3 is 9.15 Å². The Labute approximate surface area is 131 Å². The van der Waals surface area contributed by atoms with Crippen LogP contribution in [0.4, 0.5) is 0 Å². The first kappa shape index (κ1) is 13.6. The summed E-state index contributed by atoms with van der Waals surface area (Å²) < 4.78 is 12.5. The van der Waals surface area contributed by atoms with Crippen molar-refractivity contribution in [3.8, 4) is 11.4 Å². The Morgan fingerprint density at radius 1 is 1.13 bits per heavy atom. The molecule has 0 radical (unpaired) electrons. The van der Waals surface area contributed by atoms with E-state index in [0.717, 1.165) is 16.6 Å². The van der Waals surface area contributed by atoms with Crippen LogP contribution in [0, 0.1) is 6.92 Å². The van der Waals surface area contributed by atoms with Gasteiger partial charge in [0.1, 0.15) is 16.7 Å². The molecule has 4 aromatic rings. The van der Waals surface area contributed by atoms with Gasteiger partial charge in [-0.25, -0.2) is 9.48 Å². The third-order valence-corrected chi connectivity index (χ3v) is 3.91. The Hall–Kier alpha value is -3.08. The van der Waals surface area contributed by atoms with Crippen LogP contribution in [0.15, 0.2) is 57.7 Å². The molecule has 0 spiro atoms. The molecule has 23 heavy (non-hydrogen) atoms. The molecule has 5 heteroatoms. The van der Waals surface area contributed by atoms with Gasteiger partial charge >= 0.3 is 5.63 Å². The fourth-order valence-electron chi connectivity index (χ4n) is 2.84. The van der Waals surface area contributed by atoms with Crippen molar-refractivity contribution in [1.82, 2.24) is 9.78 Å². The van der Waals surface area contributed by atoms with Crippen LogP contribution in [-0.4, -0.2) is 16.9 Å². The molecule has 0 atom stereocenters. The molecule has 0 saturated heterocycles. The molecule has 0 N–H and O–H groups in total. The van der Waals surface area contributed by atoms with E-state index in [1.54, 1.807) is 23.9 Å². The molecule has 0 aliphatic heterocycles. The Kier molecular flexibility index (Phi) is 2.94. The summed E-state index contributed by atoms with van der Waals surface area (Å²) in [7, 11) is 1.61. The second-order valence-electron chi connectivity index (χ2n) is 5.31. The molecule has 0 saturated carbocycles. The first-order chi connectivity index (χ1) is 11.2. The quantitative estimate of drug-likeness (QED) is 0.532. The molecule has 114 valence electrons. The minimum absolute atomic E-state index is 0.377. The fourth-order valence-corrected chi connectivity index (χ4v) is 2.84. The zero-order chi connectivity index (χ0) is 16.0. The maximum atomic E-state index is 12.4. The summed E-state index contributed by atoms with van der Waals surface area (Å²) in [6.07, 6.45) is 0. The summed E-state index contributed by atoms with van der Waals surface area (Å²) in [4.78, 5) is 12.4. The summed E-state index contributed by atoms with van der Waals surface area (Å²) in [5, 5.41) is 5.83. The van der Waals surface area contributed by atoms with Crippen LogP contribution in [0.25, 0.3) is 27.6 Å². The molecule has 0 fully saturated rings. The van der Waals surface area contributed by atoms with E-state index in [1.165, 1.54) is 0 Å². The first-order valence-electron chi connectivity index (χ1n) is 7.24. The van der Waals surface area contributed by atoms with Crippen molar-refractivity contribution in [2.45, 2.75) is 6.92 Å². The highest BCUT2D eigenvalue weighted by atomic mass is 16.5. The van der Waals surface area contributed by atoms with Gasteiger partial charge in [0.05, 0.1) is 24.0 Å². The summed E-state index contributed by atoms with van der Waals surface area (Å²) in [5.41, 5.74) is 2.40. The minimum atomic E-state index is -0.377. The maximum Gasteiger partial charge on any atom is 0.347 e. The second-order valence-corrected chi connectivity index (χ2v) is 5.31. The molecule has 0 unspecified atom stereocenters. The summed E-state index contributed by atoms with van der Waals surface area (Å²) in [6.45, 7) is 1.81. The average Bonchev–Trinajstić information content (AvgIpc) is 2.94. The average molecular weight is 306 g/mol. The van der Waals surface area contributed by atoms with Gasteiger partial charge in [-0.05, 0) is 37.3 Å². The number of fused-ring (bicyclic) bond motifs is 3. The van der Waals surface area contributed by atoms with Crippen molar-refractivity contribution in [3.63, 3.8) is 0 Å². The molecule has 2 aromatic carbocycles. The number of nitrogens with zero attached hydrogens (tertiary/aromatic N) is 2. The highest BCUT2D eigenvalue weighted by Crippen LogP contribution is 2.29. The molecule has 2 heterocycles. The molecular weight excluding hydrogens is 292 g/mol. The van der Waals surface area contributed by atoms with Gasteiger partial charge in [0.2, 0.25) is 0 Å². The molecule has 0 amide bonds. The van der Waals surface area contributed by atoms with Gasteiger partial charge in [0.25, 0.3) is 0 Å². The van der Waals surface area contributed by atoms with Gasteiger partial charge in [-0.15, -0.1) is 0 Å². The van der Waals surface area contributed by atoms with Gasteiger partial charge in [0.15, 0.2) is 0 Å². The van der Waals surface area contributed by atoms with Crippen molar-refractivity contribution in [2.75, 3.05) is 7.11 Å². The number of ether oxygens (including phenoxy) is 1. The molecule has 0 aliphatic rings. The Balaban J connectivity index is 2.22. The lowest BCUT2D eigenvalue weighted by atomic mass is 10.1. The number of benzene rings is 2. The van der Waals surface area contributed by atoms with Crippen molar-refractivity contribution in [2.24, 2.45) is 0 Å². The molecule has 2 aromatic heterocycles. The molecule has 0 bridgehead atoms. The molecule has 4 rings (SSSR count). The zero-order valence-electron chi connectivity index (χ0n) is 12.7. The van der Waals surface area contributed by atoms with Gasteiger partial charge in [0, 0.05) is 5.39 Å². The van der Waals surface area contributed by atoms with E-state index in [4.69, 9.17) is 9.15 Å². The summed E-state index contributed by atoms with van der Waals surface area (Å²) in [5.74, 6) is 0.700. The maximum absolute atomic E-state index is 12.4. The van der Waals surface area contributed by atoms with E-state index in [-0.39, 0.29) is 5.63 Å². The van der Waals surface area contributed by atoms with Crippen LogP contribution < -0.4 is 10.4 Å². The van der Waals surface area contributed by atoms with Gasteiger partial charge in [-0.2, -0.15) is 5.10 Å². The fraction of sp³-hybridized carbons (Fsp3) is 0.111. The summed E-state index contributed by atoms with van der Waals surface area (Å²) >= 11 is 0. The van der Waals surface area contributed by atoms with Crippen LogP contribution in [0.3, 0.4) is 0 Å². The lowest BCUT2D eigenvalue weighted by Gasteiger charge is -2.06.